The number of amides is 2. The Kier molecular flexibility index (Phi) is 5.86. The Labute approximate surface area is 200 Å². The third-order valence-electron chi connectivity index (χ3n) is 4.88. The molecule has 13 heteroatoms. The van der Waals surface area contributed by atoms with Crippen molar-refractivity contribution in [3.63, 3.8) is 0 Å². The van der Waals surface area contributed by atoms with Gasteiger partial charge in [-0.05, 0) is 48.5 Å². The van der Waals surface area contributed by atoms with Gasteiger partial charge in [0.2, 0.25) is 5.82 Å². The highest BCUT2D eigenvalue weighted by molar-refractivity contribution is 5.99. The van der Waals surface area contributed by atoms with Gasteiger partial charge < -0.3 is 15.2 Å². The molecule has 0 saturated heterocycles. The van der Waals surface area contributed by atoms with Crippen LogP contribution >= 0.6 is 0 Å². The zero-order chi connectivity index (χ0) is 25.1. The number of nitrogens with one attached hydrogen (secondary N) is 2. The number of hydrogen-bond acceptors (Lipinski definition) is 7. The van der Waals surface area contributed by atoms with E-state index in [1.54, 1.807) is 36.4 Å². The molecular weight excluding hydrogens is 477 g/mol. The number of nitrogens with zero attached hydrogens (tertiary/aromatic N) is 6. The van der Waals surface area contributed by atoms with Crippen molar-refractivity contribution in [2.45, 2.75) is 6.18 Å². The summed E-state index contributed by atoms with van der Waals surface area (Å²) in [5, 5.41) is 17.2. The minimum atomic E-state index is -4.48. The van der Waals surface area contributed by atoms with Crippen LogP contribution < -0.4 is 10.6 Å². The highest BCUT2D eigenvalue weighted by Gasteiger charge is 2.30. The minimum absolute atomic E-state index is 0.0626. The Hall–Kier alpha value is -5.07. The molecule has 0 fully saturated rings. The zero-order valence-electron chi connectivity index (χ0n) is 18.1. The molecule has 180 valence electrons. The van der Waals surface area contributed by atoms with Crippen LogP contribution in [0.5, 0.6) is 0 Å². The van der Waals surface area contributed by atoms with Crippen LogP contribution in [-0.2, 0) is 6.18 Å². The van der Waals surface area contributed by atoms with E-state index in [-0.39, 0.29) is 29.3 Å². The maximum absolute atomic E-state index is 12.7. The maximum Gasteiger partial charge on any atom is 0.417 e. The molecule has 0 aliphatic carbocycles. The molecule has 0 spiro atoms. The van der Waals surface area contributed by atoms with E-state index >= 15 is 0 Å². The number of halogens is 3. The van der Waals surface area contributed by atoms with Crippen LogP contribution in [0.1, 0.15) is 5.56 Å². The number of aromatic nitrogens is 6. The van der Waals surface area contributed by atoms with Gasteiger partial charge in [-0.1, -0.05) is 28.6 Å². The van der Waals surface area contributed by atoms with Gasteiger partial charge in [0.1, 0.15) is 0 Å². The summed E-state index contributed by atoms with van der Waals surface area (Å²) in [5.41, 5.74) is 1.19. The second-order valence-electron chi connectivity index (χ2n) is 7.40. The molecule has 36 heavy (non-hydrogen) atoms. The molecular formula is C23H15F3N8O2. The summed E-state index contributed by atoms with van der Waals surface area (Å²) in [4.78, 5) is 20.2. The Morgan fingerprint density at radius 2 is 1.64 bits per heavy atom. The van der Waals surface area contributed by atoms with Crippen molar-refractivity contribution in [3.05, 3.63) is 84.7 Å². The molecule has 3 heterocycles. The van der Waals surface area contributed by atoms with E-state index in [4.69, 9.17) is 4.52 Å². The molecule has 10 nitrogen and oxygen atoms in total. The highest BCUT2D eigenvalue weighted by atomic mass is 19.4. The van der Waals surface area contributed by atoms with Gasteiger partial charge in [-0.3, -0.25) is 0 Å². The van der Waals surface area contributed by atoms with Gasteiger partial charge in [0.05, 0.1) is 11.8 Å². The SMILES string of the molecule is O=C(Nc1ccccc1)Nc1ccc(-c2noc(-c3cn(-c4ccc(C(F)(F)F)cn4)nn3)n2)cc1. The van der Waals surface area contributed by atoms with Gasteiger partial charge in [0, 0.05) is 23.1 Å². The monoisotopic (exact) mass is 492 g/mol. The number of para-hydroxylation sites is 1. The molecule has 0 radical (unpaired) electrons. The van der Waals surface area contributed by atoms with E-state index in [2.05, 4.69) is 36.1 Å². The average molecular weight is 492 g/mol. The Morgan fingerprint density at radius 3 is 2.31 bits per heavy atom. The number of pyridine rings is 1. The zero-order valence-corrected chi connectivity index (χ0v) is 18.1. The lowest BCUT2D eigenvalue weighted by Crippen LogP contribution is -2.19. The molecule has 2 aromatic carbocycles. The van der Waals surface area contributed by atoms with Gasteiger partial charge in [-0.25, -0.2) is 14.5 Å². The minimum Gasteiger partial charge on any atom is -0.332 e. The van der Waals surface area contributed by atoms with Gasteiger partial charge in [0.15, 0.2) is 11.5 Å². The topological polar surface area (TPSA) is 124 Å². The van der Waals surface area contributed by atoms with Gasteiger partial charge in [0.25, 0.3) is 5.89 Å². The Morgan fingerprint density at radius 1 is 0.917 bits per heavy atom. The Bertz CT molecular complexity index is 1480. The lowest BCUT2D eigenvalue weighted by Gasteiger charge is -2.07. The molecule has 0 aliphatic heterocycles. The number of alkyl halides is 3. The average Bonchev–Trinajstić information content (AvgIpc) is 3.55. The Balaban J connectivity index is 1.25. The van der Waals surface area contributed by atoms with E-state index in [9.17, 15) is 18.0 Å². The number of benzene rings is 2. The van der Waals surface area contributed by atoms with Crippen molar-refractivity contribution in [1.82, 2.24) is 30.1 Å². The lowest BCUT2D eigenvalue weighted by molar-refractivity contribution is -0.137. The first-order chi connectivity index (χ1) is 17.3. The van der Waals surface area contributed by atoms with Gasteiger partial charge >= 0.3 is 12.2 Å². The molecule has 2 N–H and O–H groups in total. The molecule has 0 saturated carbocycles. The molecule has 2 amide bonds. The van der Waals surface area contributed by atoms with E-state index in [1.165, 1.54) is 16.9 Å². The molecule has 3 aromatic heterocycles. The standard InChI is InChI=1S/C23H15F3N8O2/c24-23(25,26)15-8-11-19(27-12-15)34-13-18(31-33-34)21-30-20(32-36-21)14-6-9-17(10-7-14)29-22(35)28-16-4-2-1-3-5-16/h1-13H,(H2,28,29,35). The van der Waals surface area contributed by atoms with Crippen LogP contribution in [0.2, 0.25) is 0 Å². The van der Waals surface area contributed by atoms with Gasteiger partial charge in [-0.15, -0.1) is 5.10 Å². The van der Waals surface area contributed by atoms with E-state index in [1.807, 2.05) is 18.2 Å². The van der Waals surface area contributed by atoms with Crippen LogP contribution in [0, 0.1) is 0 Å². The highest BCUT2D eigenvalue weighted by Crippen LogP contribution is 2.29. The number of carbonyl (C=O) groups excluding carboxylic acids is 1. The first-order valence-electron chi connectivity index (χ1n) is 10.4. The van der Waals surface area contributed by atoms with Crippen LogP contribution in [0.4, 0.5) is 29.3 Å². The largest absolute Gasteiger partial charge is 0.417 e. The summed E-state index contributed by atoms with van der Waals surface area (Å²) in [6.45, 7) is 0. The van der Waals surface area contributed by atoms with Crippen molar-refractivity contribution in [1.29, 1.82) is 0 Å². The number of rotatable bonds is 5. The smallest absolute Gasteiger partial charge is 0.332 e. The number of urea groups is 1. The third-order valence-corrected chi connectivity index (χ3v) is 4.88. The summed E-state index contributed by atoms with van der Waals surface area (Å²) in [6.07, 6.45) is -2.36. The molecule has 0 unspecified atom stereocenters. The summed E-state index contributed by atoms with van der Waals surface area (Å²) >= 11 is 0. The first-order valence-corrected chi connectivity index (χ1v) is 10.4. The first kappa shape index (κ1) is 22.7. The quantitative estimate of drug-likeness (QED) is 0.352. The summed E-state index contributed by atoms with van der Waals surface area (Å²) in [6, 6.07) is 17.5. The summed E-state index contributed by atoms with van der Waals surface area (Å²) < 4.78 is 44.6. The fourth-order valence-corrected chi connectivity index (χ4v) is 3.13. The molecule has 0 aliphatic rings. The summed E-state index contributed by atoms with van der Waals surface area (Å²) in [5.74, 6) is 0.473. The van der Waals surface area contributed by atoms with Crippen LogP contribution in [0.15, 0.2) is 83.6 Å². The fourth-order valence-electron chi connectivity index (χ4n) is 3.13. The molecule has 5 aromatic rings. The van der Waals surface area contributed by atoms with E-state index in [0.29, 0.717) is 23.1 Å². The van der Waals surface area contributed by atoms with Crippen molar-refractivity contribution in [2.75, 3.05) is 10.6 Å². The molecule has 0 bridgehead atoms. The van der Waals surface area contributed by atoms with Crippen molar-refractivity contribution < 1.29 is 22.5 Å². The van der Waals surface area contributed by atoms with E-state index < -0.39 is 11.7 Å². The second-order valence-corrected chi connectivity index (χ2v) is 7.40. The number of hydrogen-bond donors (Lipinski definition) is 2. The van der Waals surface area contributed by atoms with Crippen molar-refractivity contribution in [2.24, 2.45) is 0 Å². The predicted octanol–water partition coefficient (Wildman–Crippen LogP) is 5.04. The second kappa shape index (κ2) is 9.29. The van der Waals surface area contributed by atoms with Gasteiger partial charge in [-0.2, -0.15) is 18.2 Å². The van der Waals surface area contributed by atoms with E-state index in [0.717, 1.165) is 6.07 Å². The van der Waals surface area contributed by atoms with Crippen molar-refractivity contribution in [3.8, 4) is 28.8 Å². The van der Waals surface area contributed by atoms with Crippen molar-refractivity contribution >= 4 is 17.4 Å². The molecule has 5 rings (SSSR count). The fraction of sp³-hybridized carbons (Fsp3) is 0.0435. The third kappa shape index (κ3) is 5.04. The van der Waals surface area contributed by atoms with Crippen LogP contribution in [0.25, 0.3) is 28.8 Å². The number of carbonyl (C=O) groups is 1. The van der Waals surface area contributed by atoms with Crippen LogP contribution in [0.3, 0.4) is 0 Å². The normalized spacial score (nSPS) is 11.3. The number of anilines is 2. The van der Waals surface area contributed by atoms with Crippen LogP contribution in [-0.4, -0.2) is 36.1 Å². The molecule has 0 atom stereocenters. The lowest BCUT2D eigenvalue weighted by atomic mass is 10.2. The predicted molar refractivity (Wildman–Crippen MR) is 122 cm³/mol. The summed E-state index contributed by atoms with van der Waals surface area (Å²) in [7, 11) is 0. The maximum atomic E-state index is 12.7.